The van der Waals surface area contributed by atoms with Crippen molar-refractivity contribution in [3.63, 3.8) is 0 Å². The number of nitrogen functional groups attached to an aromatic ring is 1. The van der Waals surface area contributed by atoms with Gasteiger partial charge in [-0.3, -0.25) is 0 Å². The molecule has 4 rings (SSSR count). The molecule has 0 bridgehead atoms. The first-order valence-corrected chi connectivity index (χ1v) is 12.9. The number of nitrogens with one attached hydrogen (secondary N) is 3. The van der Waals surface area contributed by atoms with Crippen molar-refractivity contribution < 1.29 is 9.53 Å². The third-order valence-electron chi connectivity index (χ3n) is 5.70. The average Bonchev–Trinajstić information content (AvgIpc) is 2.89. The number of pyridine rings is 1. The monoisotopic (exact) mass is 531 g/mol. The molecule has 196 valence electrons. The Kier molecular flexibility index (Phi) is 9.76. The van der Waals surface area contributed by atoms with Crippen LogP contribution in [0.5, 0.6) is 0 Å². The lowest BCUT2D eigenvalue weighted by Gasteiger charge is -2.18. The number of ether oxygens (including phenoxy) is 1. The first-order valence-electron chi connectivity index (χ1n) is 12.5. The van der Waals surface area contributed by atoms with Gasteiger partial charge in [-0.1, -0.05) is 41.8 Å². The summed E-state index contributed by atoms with van der Waals surface area (Å²) in [5, 5.41) is 9.40. The van der Waals surface area contributed by atoms with E-state index in [2.05, 4.69) is 54.9 Å². The van der Waals surface area contributed by atoms with Crippen LogP contribution in [-0.2, 0) is 4.74 Å². The Bertz CT molecular complexity index is 1340. The highest BCUT2D eigenvalue weighted by Crippen LogP contribution is 2.27. The number of rotatable bonds is 7. The summed E-state index contributed by atoms with van der Waals surface area (Å²) in [5.74, 6) is 6.81. The SMILES string of the molecule is Nc1ccccc1Nc1nc(Nc2ccnc(C#CCCNC(=O)OC3CC/C=C/CCC3)c2)ncc1Cl. The molecule has 1 unspecified atom stereocenters. The third-order valence-corrected chi connectivity index (χ3v) is 5.98. The van der Waals surface area contributed by atoms with Crippen molar-refractivity contribution in [3.05, 3.63) is 71.7 Å². The van der Waals surface area contributed by atoms with E-state index in [0.717, 1.165) is 32.1 Å². The summed E-state index contributed by atoms with van der Waals surface area (Å²) in [6, 6.07) is 10.9. The molecule has 5 N–H and O–H groups in total. The van der Waals surface area contributed by atoms with Gasteiger partial charge in [0.25, 0.3) is 0 Å². The Hall–Kier alpha value is -4.29. The minimum atomic E-state index is -0.391. The number of aromatic nitrogens is 3. The fourth-order valence-corrected chi connectivity index (χ4v) is 3.91. The van der Waals surface area contributed by atoms with Crippen molar-refractivity contribution in [2.75, 3.05) is 22.9 Å². The van der Waals surface area contributed by atoms with Crippen LogP contribution < -0.4 is 21.7 Å². The van der Waals surface area contributed by atoms with E-state index in [1.165, 1.54) is 6.20 Å². The second-order valence-corrected chi connectivity index (χ2v) is 9.05. The largest absolute Gasteiger partial charge is 0.446 e. The summed E-state index contributed by atoms with van der Waals surface area (Å²) in [6.07, 6.45) is 12.3. The minimum absolute atomic E-state index is 0.0292. The summed E-state index contributed by atoms with van der Waals surface area (Å²) in [7, 11) is 0. The number of nitrogens with two attached hydrogens (primary N) is 1. The van der Waals surface area contributed by atoms with E-state index in [1.807, 2.05) is 18.2 Å². The number of benzene rings is 1. The van der Waals surface area contributed by atoms with Crippen LogP contribution in [0.25, 0.3) is 0 Å². The smallest absolute Gasteiger partial charge is 0.407 e. The average molecular weight is 532 g/mol. The first-order chi connectivity index (χ1) is 18.6. The number of hydrogen-bond acceptors (Lipinski definition) is 8. The maximum atomic E-state index is 12.1. The van der Waals surface area contributed by atoms with Crippen LogP contribution in [0.15, 0.2) is 60.9 Å². The number of anilines is 5. The highest BCUT2D eigenvalue weighted by molar-refractivity contribution is 6.33. The van der Waals surface area contributed by atoms with Crippen LogP contribution in [0.2, 0.25) is 5.02 Å². The van der Waals surface area contributed by atoms with Crippen molar-refractivity contribution in [3.8, 4) is 11.8 Å². The van der Waals surface area contributed by atoms with E-state index >= 15 is 0 Å². The van der Waals surface area contributed by atoms with Crippen LogP contribution in [0.4, 0.5) is 33.6 Å². The van der Waals surface area contributed by atoms with Crippen LogP contribution in [-0.4, -0.2) is 33.7 Å². The predicted octanol–water partition coefficient (Wildman–Crippen LogP) is 5.95. The molecule has 0 saturated carbocycles. The van der Waals surface area contributed by atoms with Crippen molar-refractivity contribution in [2.45, 2.75) is 44.6 Å². The molecule has 1 amide bonds. The van der Waals surface area contributed by atoms with Crippen molar-refractivity contribution in [1.82, 2.24) is 20.3 Å². The Morgan fingerprint density at radius 1 is 1.13 bits per heavy atom. The molecular formula is C28H30ClN7O2. The number of alkyl carbamates (subject to hydrolysis) is 1. The molecule has 0 spiro atoms. The molecule has 2 aromatic heterocycles. The summed E-state index contributed by atoms with van der Waals surface area (Å²) in [5.41, 5.74) is 8.57. The Morgan fingerprint density at radius 3 is 2.89 bits per heavy atom. The number of hydrogen-bond donors (Lipinski definition) is 4. The molecule has 1 aliphatic carbocycles. The van der Waals surface area contributed by atoms with Crippen LogP contribution >= 0.6 is 11.6 Å². The lowest BCUT2D eigenvalue weighted by atomic mass is 10.0. The van der Waals surface area contributed by atoms with Gasteiger partial charge < -0.3 is 26.4 Å². The van der Waals surface area contributed by atoms with Gasteiger partial charge in [0.1, 0.15) is 16.8 Å². The molecule has 3 aromatic rings. The predicted molar refractivity (Wildman–Crippen MR) is 151 cm³/mol. The molecule has 2 heterocycles. The molecule has 0 radical (unpaired) electrons. The molecule has 1 aliphatic rings. The van der Waals surface area contributed by atoms with Gasteiger partial charge in [-0.25, -0.2) is 14.8 Å². The highest BCUT2D eigenvalue weighted by Gasteiger charge is 2.14. The number of allylic oxidation sites excluding steroid dienone is 2. The summed E-state index contributed by atoms with van der Waals surface area (Å²) in [4.78, 5) is 25.1. The van der Waals surface area contributed by atoms with Gasteiger partial charge in [0.2, 0.25) is 5.95 Å². The van der Waals surface area contributed by atoms with E-state index in [-0.39, 0.29) is 6.10 Å². The fourth-order valence-electron chi connectivity index (χ4n) is 3.78. The fraction of sp³-hybridized carbons (Fsp3) is 0.286. The van der Waals surface area contributed by atoms with Gasteiger partial charge in [-0.15, -0.1) is 0 Å². The van der Waals surface area contributed by atoms with Gasteiger partial charge in [0.05, 0.1) is 17.6 Å². The zero-order chi connectivity index (χ0) is 26.6. The number of halogens is 1. The summed E-state index contributed by atoms with van der Waals surface area (Å²) < 4.78 is 5.54. The Labute approximate surface area is 227 Å². The van der Waals surface area contributed by atoms with Crippen molar-refractivity contribution in [1.29, 1.82) is 0 Å². The molecule has 0 saturated heterocycles. The molecule has 10 heteroatoms. The van der Waals surface area contributed by atoms with Crippen molar-refractivity contribution in [2.24, 2.45) is 0 Å². The Balaban J connectivity index is 1.28. The van der Waals surface area contributed by atoms with Crippen LogP contribution in [0, 0.1) is 11.8 Å². The van der Waals surface area contributed by atoms with Gasteiger partial charge in [-0.05, 0) is 62.3 Å². The Morgan fingerprint density at radius 2 is 2.00 bits per heavy atom. The maximum Gasteiger partial charge on any atom is 0.407 e. The summed E-state index contributed by atoms with van der Waals surface area (Å²) in [6.45, 7) is 0.400. The van der Waals surface area contributed by atoms with E-state index < -0.39 is 6.09 Å². The number of carbonyl (C=O) groups excluding carboxylic acids is 1. The van der Waals surface area contributed by atoms with Gasteiger partial charge in [-0.2, -0.15) is 4.98 Å². The second kappa shape index (κ2) is 13.9. The molecular weight excluding hydrogens is 502 g/mol. The highest BCUT2D eigenvalue weighted by atomic mass is 35.5. The number of amides is 1. The minimum Gasteiger partial charge on any atom is -0.446 e. The van der Waals surface area contributed by atoms with E-state index in [9.17, 15) is 4.79 Å². The molecule has 0 fully saturated rings. The second-order valence-electron chi connectivity index (χ2n) is 8.64. The van der Waals surface area contributed by atoms with Crippen LogP contribution in [0.3, 0.4) is 0 Å². The van der Waals surface area contributed by atoms with Gasteiger partial charge in [0.15, 0.2) is 5.82 Å². The molecule has 1 aromatic carbocycles. The molecule has 38 heavy (non-hydrogen) atoms. The molecule has 9 nitrogen and oxygen atoms in total. The number of para-hydroxylation sites is 2. The lowest BCUT2D eigenvalue weighted by molar-refractivity contribution is 0.0866. The van der Waals surface area contributed by atoms with E-state index in [0.29, 0.717) is 52.5 Å². The van der Waals surface area contributed by atoms with Gasteiger partial charge in [0, 0.05) is 24.8 Å². The topological polar surface area (TPSA) is 127 Å². The van der Waals surface area contributed by atoms with Gasteiger partial charge >= 0.3 is 6.09 Å². The normalized spacial score (nSPS) is 15.7. The van der Waals surface area contributed by atoms with Crippen molar-refractivity contribution >= 4 is 46.5 Å². The van der Waals surface area contributed by atoms with E-state index in [1.54, 1.807) is 24.4 Å². The standard InChI is InChI=1S/C28H30ClN7O2/c29-23-19-33-27(36-26(23)35-25-14-7-6-13-24(25)30)34-21-15-17-31-20(18-21)10-8-9-16-32-28(37)38-22-11-4-2-1-3-5-12-22/h1-2,6-7,13-15,17-19,22H,3-5,9,11-12,16,30H2,(H,32,37)(H2,31,33,34,35,36)/b2-1+. The first kappa shape index (κ1) is 26.8. The zero-order valence-electron chi connectivity index (χ0n) is 20.9. The lowest BCUT2D eigenvalue weighted by Crippen LogP contribution is -2.29. The number of nitrogens with zero attached hydrogens (tertiary/aromatic N) is 3. The summed E-state index contributed by atoms with van der Waals surface area (Å²) >= 11 is 6.27. The zero-order valence-corrected chi connectivity index (χ0v) is 21.7. The third kappa shape index (κ3) is 8.39. The van der Waals surface area contributed by atoms with Crippen LogP contribution in [0.1, 0.15) is 44.2 Å². The number of carbonyl (C=O) groups is 1. The molecule has 0 aliphatic heterocycles. The molecule has 1 atom stereocenters. The quantitative estimate of drug-likeness (QED) is 0.127. The van der Waals surface area contributed by atoms with E-state index in [4.69, 9.17) is 22.1 Å². The maximum absolute atomic E-state index is 12.1.